The van der Waals surface area contributed by atoms with Crippen LogP contribution in [0.3, 0.4) is 0 Å². The van der Waals surface area contributed by atoms with Crippen LogP contribution in [0.1, 0.15) is 28.9 Å². The first kappa shape index (κ1) is 13.9. The number of ether oxygens (including phenoxy) is 1. The third kappa shape index (κ3) is 3.06. The normalized spacial score (nSPS) is 11.7. The topological polar surface area (TPSA) is 71.2 Å². The van der Waals surface area contributed by atoms with E-state index in [1.165, 1.54) is 12.3 Å². The fraction of sp³-hybridized carbons (Fsp3) is 0.200. The Bertz CT molecular complexity index is 647. The van der Waals surface area contributed by atoms with Crippen LogP contribution in [-0.2, 0) is 0 Å². The standard InChI is InChI=1S/C15H16N2O3/c1-10(11-5-7-12(20-2)8-6-11)17-15(19)13-4-3-9-16-14(13)18/h3-10H,1-2H3,(H,16,18)(H,17,19)/t10-/m0/s1. The minimum absolute atomic E-state index is 0.105. The van der Waals surface area contributed by atoms with E-state index >= 15 is 0 Å². The highest BCUT2D eigenvalue weighted by Crippen LogP contribution is 2.17. The molecule has 0 aliphatic carbocycles. The van der Waals surface area contributed by atoms with Gasteiger partial charge in [0.2, 0.25) is 0 Å². The van der Waals surface area contributed by atoms with Gasteiger partial charge in [0.25, 0.3) is 11.5 Å². The van der Waals surface area contributed by atoms with Crippen molar-refractivity contribution in [2.45, 2.75) is 13.0 Å². The average Bonchev–Trinajstić information content (AvgIpc) is 2.47. The first-order valence-electron chi connectivity index (χ1n) is 6.24. The molecule has 2 aromatic rings. The van der Waals surface area contributed by atoms with Crippen LogP contribution in [-0.4, -0.2) is 18.0 Å². The molecule has 1 aromatic carbocycles. The maximum Gasteiger partial charge on any atom is 0.260 e. The van der Waals surface area contributed by atoms with Crippen molar-refractivity contribution >= 4 is 5.91 Å². The summed E-state index contributed by atoms with van der Waals surface area (Å²) in [5.74, 6) is 0.363. The van der Waals surface area contributed by atoms with Gasteiger partial charge >= 0.3 is 0 Å². The van der Waals surface area contributed by atoms with Crippen LogP contribution in [0.4, 0.5) is 0 Å². The molecule has 2 rings (SSSR count). The first-order chi connectivity index (χ1) is 9.61. The van der Waals surface area contributed by atoms with Crippen LogP contribution in [0.2, 0.25) is 0 Å². The van der Waals surface area contributed by atoms with Crippen molar-refractivity contribution in [3.05, 3.63) is 64.1 Å². The lowest BCUT2D eigenvalue weighted by Gasteiger charge is -2.14. The predicted octanol–water partition coefficient (Wildman–Crippen LogP) is 1.87. The summed E-state index contributed by atoms with van der Waals surface area (Å²) in [6.45, 7) is 1.86. The number of pyridine rings is 1. The second-order valence-corrected chi connectivity index (χ2v) is 4.38. The third-order valence-corrected chi connectivity index (χ3v) is 3.03. The fourth-order valence-electron chi connectivity index (χ4n) is 1.85. The molecule has 2 N–H and O–H groups in total. The Balaban J connectivity index is 2.11. The summed E-state index contributed by atoms with van der Waals surface area (Å²) < 4.78 is 5.08. The maximum atomic E-state index is 12.0. The Labute approximate surface area is 116 Å². The summed E-state index contributed by atoms with van der Waals surface area (Å²) in [6.07, 6.45) is 1.49. The minimum Gasteiger partial charge on any atom is -0.497 e. The van der Waals surface area contributed by atoms with Crippen LogP contribution >= 0.6 is 0 Å². The summed E-state index contributed by atoms with van der Waals surface area (Å²) in [4.78, 5) is 26.0. The SMILES string of the molecule is COc1ccc([C@H](C)NC(=O)c2ccc[nH]c2=O)cc1. The number of hydrogen-bond acceptors (Lipinski definition) is 3. The lowest BCUT2D eigenvalue weighted by molar-refractivity contribution is 0.0938. The molecule has 1 atom stereocenters. The predicted molar refractivity (Wildman–Crippen MR) is 75.9 cm³/mol. The third-order valence-electron chi connectivity index (χ3n) is 3.03. The second-order valence-electron chi connectivity index (χ2n) is 4.38. The van der Waals surface area contributed by atoms with Crippen molar-refractivity contribution in [1.29, 1.82) is 0 Å². The highest BCUT2D eigenvalue weighted by atomic mass is 16.5. The molecule has 0 bridgehead atoms. The number of aromatic amines is 1. The van der Waals surface area contributed by atoms with E-state index in [0.717, 1.165) is 11.3 Å². The smallest absolute Gasteiger partial charge is 0.260 e. The van der Waals surface area contributed by atoms with Crippen LogP contribution in [0.25, 0.3) is 0 Å². The Kier molecular flexibility index (Phi) is 4.20. The number of amides is 1. The van der Waals surface area contributed by atoms with Gasteiger partial charge < -0.3 is 15.0 Å². The van der Waals surface area contributed by atoms with E-state index < -0.39 is 11.5 Å². The number of nitrogens with one attached hydrogen (secondary N) is 2. The van der Waals surface area contributed by atoms with Crippen molar-refractivity contribution in [2.24, 2.45) is 0 Å². The molecule has 0 saturated carbocycles. The second kappa shape index (κ2) is 6.06. The van der Waals surface area contributed by atoms with Crippen molar-refractivity contribution in [3.8, 4) is 5.75 Å². The van der Waals surface area contributed by atoms with Gasteiger partial charge in [0.05, 0.1) is 13.2 Å². The molecule has 1 amide bonds. The number of aromatic nitrogens is 1. The summed E-state index contributed by atoms with van der Waals surface area (Å²) in [6, 6.07) is 10.3. The van der Waals surface area contributed by atoms with Crippen molar-refractivity contribution in [3.63, 3.8) is 0 Å². The van der Waals surface area contributed by atoms with Crippen LogP contribution in [0.5, 0.6) is 5.75 Å². The van der Waals surface area contributed by atoms with Gasteiger partial charge in [-0.2, -0.15) is 0 Å². The zero-order chi connectivity index (χ0) is 14.5. The quantitative estimate of drug-likeness (QED) is 0.892. The Morgan fingerprint density at radius 1 is 1.25 bits per heavy atom. The summed E-state index contributed by atoms with van der Waals surface area (Å²) >= 11 is 0. The van der Waals surface area contributed by atoms with E-state index in [4.69, 9.17) is 4.74 Å². The van der Waals surface area contributed by atoms with E-state index in [2.05, 4.69) is 10.3 Å². The average molecular weight is 272 g/mol. The zero-order valence-electron chi connectivity index (χ0n) is 11.3. The van der Waals surface area contributed by atoms with Gasteiger partial charge in [0, 0.05) is 6.20 Å². The number of carbonyl (C=O) groups excluding carboxylic acids is 1. The van der Waals surface area contributed by atoms with Crippen molar-refractivity contribution in [1.82, 2.24) is 10.3 Å². The minimum atomic E-state index is -0.396. The molecule has 20 heavy (non-hydrogen) atoms. The number of benzene rings is 1. The van der Waals surface area contributed by atoms with Gasteiger partial charge in [-0.15, -0.1) is 0 Å². The van der Waals surface area contributed by atoms with Gasteiger partial charge in [0.1, 0.15) is 11.3 Å². The number of H-pyrrole nitrogens is 1. The lowest BCUT2D eigenvalue weighted by atomic mass is 10.1. The van der Waals surface area contributed by atoms with Gasteiger partial charge in [0.15, 0.2) is 0 Å². The van der Waals surface area contributed by atoms with Crippen molar-refractivity contribution < 1.29 is 9.53 Å². The van der Waals surface area contributed by atoms with E-state index in [0.29, 0.717) is 0 Å². The summed E-state index contributed by atoms with van der Waals surface area (Å²) in [5.41, 5.74) is 0.645. The molecule has 5 heteroatoms. The first-order valence-corrected chi connectivity index (χ1v) is 6.24. The number of carbonyl (C=O) groups is 1. The maximum absolute atomic E-state index is 12.0. The highest BCUT2D eigenvalue weighted by Gasteiger charge is 2.13. The molecule has 0 unspecified atom stereocenters. The molecule has 1 aromatic heterocycles. The van der Waals surface area contributed by atoms with Crippen molar-refractivity contribution in [2.75, 3.05) is 7.11 Å². The van der Waals surface area contributed by atoms with Gasteiger partial charge in [-0.1, -0.05) is 12.1 Å². The van der Waals surface area contributed by atoms with E-state index in [1.54, 1.807) is 13.2 Å². The molecule has 104 valence electrons. The highest BCUT2D eigenvalue weighted by molar-refractivity contribution is 5.93. The van der Waals surface area contributed by atoms with Crippen LogP contribution in [0, 0.1) is 0 Å². The van der Waals surface area contributed by atoms with E-state index in [1.807, 2.05) is 31.2 Å². The van der Waals surface area contributed by atoms with Gasteiger partial charge in [-0.25, -0.2) is 0 Å². The van der Waals surface area contributed by atoms with Gasteiger partial charge in [-0.3, -0.25) is 9.59 Å². The summed E-state index contributed by atoms with van der Waals surface area (Å²) in [7, 11) is 1.60. The van der Waals surface area contributed by atoms with Crippen LogP contribution in [0.15, 0.2) is 47.4 Å². The molecule has 0 spiro atoms. The molecule has 0 radical (unpaired) electrons. The van der Waals surface area contributed by atoms with Crippen LogP contribution < -0.4 is 15.6 Å². The molecule has 1 heterocycles. The number of hydrogen-bond donors (Lipinski definition) is 2. The Hall–Kier alpha value is -2.56. The van der Waals surface area contributed by atoms with E-state index in [9.17, 15) is 9.59 Å². The molecule has 0 saturated heterocycles. The van der Waals surface area contributed by atoms with E-state index in [-0.39, 0.29) is 11.6 Å². The van der Waals surface area contributed by atoms with Gasteiger partial charge in [-0.05, 0) is 36.8 Å². The lowest BCUT2D eigenvalue weighted by Crippen LogP contribution is -2.31. The molecule has 0 aliphatic rings. The fourth-order valence-corrected chi connectivity index (χ4v) is 1.85. The molecule has 0 aliphatic heterocycles. The number of rotatable bonds is 4. The molecular weight excluding hydrogens is 256 g/mol. The molecular formula is C15H16N2O3. The molecule has 5 nitrogen and oxygen atoms in total. The Morgan fingerprint density at radius 2 is 1.95 bits per heavy atom. The number of methoxy groups -OCH3 is 1. The summed E-state index contributed by atoms with van der Waals surface area (Å²) in [5, 5.41) is 2.79. The Morgan fingerprint density at radius 3 is 2.55 bits per heavy atom. The largest absolute Gasteiger partial charge is 0.497 e. The monoisotopic (exact) mass is 272 g/mol. The zero-order valence-corrected chi connectivity index (χ0v) is 11.3. The molecule has 0 fully saturated rings.